The fourth-order valence-electron chi connectivity index (χ4n) is 2.19. The van der Waals surface area contributed by atoms with Crippen LogP contribution in [0.3, 0.4) is 0 Å². The summed E-state index contributed by atoms with van der Waals surface area (Å²) in [6.45, 7) is 1.62. The van der Waals surface area contributed by atoms with E-state index in [1.54, 1.807) is 12.1 Å². The summed E-state index contributed by atoms with van der Waals surface area (Å²) in [5.41, 5.74) is 11.9. The van der Waals surface area contributed by atoms with E-state index in [-0.39, 0.29) is 12.2 Å². The van der Waals surface area contributed by atoms with Crippen LogP contribution in [0.15, 0.2) is 24.3 Å². The largest absolute Gasteiger partial charge is 0.508 e. The summed E-state index contributed by atoms with van der Waals surface area (Å²) >= 11 is 0. The van der Waals surface area contributed by atoms with Crippen molar-refractivity contribution >= 4 is 17.8 Å². The number of phenolic OH excluding ortho intramolecular Hbond substituents is 1. The van der Waals surface area contributed by atoms with Gasteiger partial charge in [-0.2, -0.15) is 0 Å². The van der Waals surface area contributed by atoms with Crippen molar-refractivity contribution < 1.29 is 24.2 Å². The number of nitrogens with one attached hydrogen (secondary N) is 1. The van der Waals surface area contributed by atoms with Gasteiger partial charge in [-0.3, -0.25) is 9.59 Å². The van der Waals surface area contributed by atoms with Gasteiger partial charge in [0, 0.05) is 13.3 Å². The molecule has 0 fully saturated rings. The van der Waals surface area contributed by atoms with Crippen molar-refractivity contribution in [3.05, 3.63) is 29.8 Å². The first-order valence-corrected chi connectivity index (χ1v) is 8.09. The summed E-state index contributed by atoms with van der Waals surface area (Å²) in [7, 11) is 0. The molecule has 8 heteroatoms. The second-order valence-corrected chi connectivity index (χ2v) is 5.74. The second kappa shape index (κ2) is 10.4. The lowest BCUT2D eigenvalue weighted by Crippen LogP contribution is -2.50. The van der Waals surface area contributed by atoms with Gasteiger partial charge >= 0.3 is 11.9 Å². The number of hydrogen-bond donors (Lipinski definition) is 4. The molecule has 0 heterocycles. The van der Waals surface area contributed by atoms with Crippen molar-refractivity contribution in [1.82, 2.24) is 5.32 Å². The molecule has 0 saturated carbocycles. The number of aromatic hydroxyl groups is 1. The van der Waals surface area contributed by atoms with E-state index in [9.17, 15) is 19.5 Å². The summed E-state index contributed by atoms with van der Waals surface area (Å²) in [5.74, 6) is -2.04. The van der Waals surface area contributed by atoms with Gasteiger partial charge in [-0.15, -0.1) is 0 Å². The third-order valence-corrected chi connectivity index (χ3v) is 3.53. The number of amides is 1. The molecule has 6 N–H and O–H groups in total. The van der Waals surface area contributed by atoms with Gasteiger partial charge in [-0.1, -0.05) is 18.6 Å². The Morgan fingerprint density at radius 3 is 2.40 bits per heavy atom. The Kier molecular flexibility index (Phi) is 8.59. The van der Waals surface area contributed by atoms with Crippen LogP contribution in [0.1, 0.15) is 31.7 Å². The smallest absolute Gasteiger partial charge is 0.336 e. The van der Waals surface area contributed by atoms with Gasteiger partial charge in [0.15, 0.2) is 0 Å². The molecule has 1 rings (SSSR count). The van der Waals surface area contributed by atoms with Crippen LogP contribution >= 0.6 is 0 Å². The van der Waals surface area contributed by atoms with E-state index in [1.807, 2.05) is 0 Å². The van der Waals surface area contributed by atoms with E-state index < -0.39 is 29.9 Å². The van der Waals surface area contributed by atoms with Crippen LogP contribution in [-0.2, 0) is 25.5 Å². The highest BCUT2D eigenvalue weighted by Crippen LogP contribution is 2.12. The second-order valence-electron chi connectivity index (χ2n) is 5.74. The normalized spacial score (nSPS) is 12.9. The molecule has 0 aliphatic rings. The fourth-order valence-corrected chi connectivity index (χ4v) is 2.19. The predicted octanol–water partition coefficient (Wildman–Crippen LogP) is -0.0345. The number of benzene rings is 1. The lowest BCUT2D eigenvalue weighted by molar-refractivity contribution is -0.160. The number of ether oxygens (including phenoxy) is 1. The van der Waals surface area contributed by atoms with Crippen LogP contribution in [0.2, 0.25) is 0 Å². The van der Waals surface area contributed by atoms with Crippen molar-refractivity contribution in [2.45, 2.75) is 44.7 Å². The van der Waals surface area contributed by atoms with Crippen molar-refractivity contribution in [3.63, 3.8) is 0 Å². The number of hydrogen-bond acceptors (Lipinski definition) is 7. The maximum absolute atomic E-state index is 12.2. The standard InChI is InChI=1S/C17H25N3O5/c1-11(21)25-17(24)15(10-12-5-7-13(22)8-6-12)20-16(23)14(19)4-2-3-9-18/h5-8,14-15,22H,2-4,9-10,18-19H2,1H3,(H,20,23)/t14-,15-/m0/s1. The average Bonchev–Trinajstić information content (AvgIpc) is 2.55. The van der Waals surface area contributed by atoms with E-state index in [0.29, 0.717) is 24.9 Å². The van der Waals surface area contributed by atoms with Crippen LogP contribution in [0.25, 0.3) is 0 Å². The number of nitrogens with two attached hydrogens (primary N) is 2. The van der Waals surface area contributed by atoms with Gasteiger partial charge in [0.25, 0.3) is 0 Å². The van der Waals surface area contributed by atoms with Crippen LogP contribution in [0.4, 0.5) is 0 Å². The fraction of sp³-hybridized carbons (Fsp3) is 0.471. The zero-order chi connectivity index (χ0) is 18.8. The quantitative estimate of drug-likeness (QED) is 0.277. The van der Waals surface area contributed by atoms with Crippen LogP contribution in [-0.4, -0.2) is 41.6 Å². The molecule has 8 nitrogen and oxygen atoms in total. The molecule has 2 atom stereocenters. The molecule has 0 saturated heterocycles. The van der Waals surface area contributed by atoms with Gasteiger partial charge < -0.3 is 26.6 Å². The highest BCUT2D eigenvalue weighted by atomic mass is 16.6. The van der Waals surface area contributed by atoms with Gasteiger partial charge in [0.1, 0.15) is 11.8 Å². The van der Waals surface area contributed by atoms with Gasteiger partial charge in [-0.25, -0.2) is 4.79 Å². The predicted molar refractivity (Wildman–Crippen MR) is 91.4 cm³/mol. The average molecular weight is 351 g/mol. The first kappa shape index (κ1) is 20.6. The minimum atomic E-state index is -1.05. The summed E-state index contributed by atoms with van der Waals surface area (Å²) in [4.78, 5) is 35.3. The maximum Gasteiger partial charge on any atom is 0.336 e. The third-order valence-electron chi connectivity index (χ3n) is 3.53. The Balaban J connectivity index is 2.76. The number of carbonyl (C=O) groups is 3. The SMILES string of the molecule is CC(=O)OC(=O)[C@H](Cc1ccc(O)cc1)NC(=O)[C@@H](N)CCCCN. The summed E-state index contributed by atoms with van der Waals surface area (Å²) < 4.78 is 4.59. The highest BCUT2D eigenvalue weighted by Gasteiger charge is 2.26. The number of phenols is 1. The minimum Gasteiger partial charge on any atom is -0.508 e. The number of rotatable bonds is 9. The van der Waals surface area contributed by atoms with Crippen LogP contribution < -0.4 is 16.8 Å². The third kappa shape index (κ3) is 7.77. The van der Waals surface area contributed by atoms with Crippen LogP contribution in [0.5, 0.6) is 5.75 Å². The molecule has 0 spiro atoms. The van der Waals surface area contributed by atoms with E-state index in [4.69, 9.17) is 11.5 Å². The number of unbranched alkanes of at least 4 members (excludes halogenated alkanes) is 1. The number of esters is 2. The summed E-state index contributed by atoms with van der Waals surface area (Å²) in [5, 5.41) is 11.8. The van der Waals surface area contributed by atoms with Crippen molar-refractivity contribution in [1.29, 1.82) is 0 Å². The topological polar surface area (TPSA) is 145 Å². The van der Waals surface area contributed by atoms with Crippen molar-refractivity contribution in [2.24, 2.45) is 11.5 Å². The molecule has 25 heavy (non-hydrogen) atoms. The van der Waals surface area contributed by atoms with E-state index in [2.05, 4.69) is 10.1 Å². The molecule has 0 aliphatic heterocycles. The summed E-state index contributed by atoms with van der Waals surface area (Å²) in [6, 6.07) is 4.31. The Bertz CT molecular complexity index is 588. The first-order chi connectivity index (χ1) is 11.8. The highest BCUT2D eigenvalue weighted by molar-refractivity contribution is 5.91. The lowest BCUT2D eigenvalue weighted by Gasteiger charge is -2.19. The Morgan fingerprint density at radius 1 is 1.20 bits per heavy atom. The van der Waals surface area contributed by atoms with Crippen LogP contribution in [0, 0.1) is 0 Å². The van der Waals surface area contributed by atoms with Gasteiger partial charge in [-0.05, 0) is 37.1 Å². The molecular formula is C17H25N3O5. The lowest BCUT2D eigenvalue weighted by atomic mass is 10.0. The molecule has 1 aromatic rings. The Labute approximate surface area is 146 Å². The molecule has 0 bridgehead atoms. The minimum absolute atomic E-state index is 0.0811. The maximum atomic E-state index is 12.2. The zero-order valence-corrected chi connectivity index (χ0v) is 14.2. The monoisotopic (exact) mass is 351 g/mol. The van der Waals surface area contributed by atoms with E-state index in [1.165, 1.54) is 12.1 Å². The zero-order valence-electron chi connectivity index (χ0n) is 14.2. The summed E-state index contributed by atoms with van der Waals surface area (Å²) in [6.07, 6.45) is 2.00. The molecule has 1 amide bonds. The van der Waals surface area contributed by atoms with E-state index >= 15 is 0 Å². The molecule has 0 aliphatic carbocycles. The Morgan fingerprint density at radius 2 is 1.84 bits per heavy atom. The number of carbonyl (C=O) groups excluding carboxylic acids is 3. The van der Waals surface area contributed by atoms with E-state index in [0.717, 1.165) is 13.3 Å². The molecule has 138 valence electrons. The molecule has 0 aromatic heterocycles. The first-order valence-electron chi connectivity index (χ1n) is 8.09. The molecule has 0 radical (unpaired) electrons. The Hall–Kier alpha value is -2.45. The molecular weight excluding hydrogens is 326 g/mol. The molecule has 0 unspecified atom stereocenters. The molecule has 1 aromatic carbocycles. The van der Waals surface area contributed by atoms with Gasteiger partial charge in [0.05, 0.1) is 6.04 Å². The van der Waals surface area contributed by atoms with Crippen molar-refractivity contribution in [3.8, 4) is 5.75 Å². The van der Waals surface area contributed by atoms with Gasteiger partial charge in [0.2, 0.25) is 5.91 Å². The van der Waals surface area contributed by atoms with Crippen molar-refractivity contribution in [2.75, 3.05) is 6.54 Å².